The molecule has 0 bridgehead atoms. The van der Waals surface area contributed by atoms with Gasteiger partial charge in [0.05, 0.1) is 90.3 Å². The Labute approximate surface area is 730 Å². The van der Waals surface area contributed by atoms with Crippen LogP contribution in [0.3, 0.4) is 0 Å². The van der Waals surface area contributed by atoms with Gasteiger partial charge in [-0.15, -0.1) is 0 Å². The molecule has 12 aromatic carbocycles. The van der Waals surface area contributed by atoms with Crippen molar-refractivity contribution in [1.29, 1.82) is 0 Å². The minimum atomic E-state index is -0.542. The maximum absolute atomic E-state index is 14.6. The summed E-state index contributed by atoms with van der Waals surface area (Å²) in [6.07, 6.45) is 4.36. The number of rotatable bonds is 7. The number of phenolic OH excluding ortho intramolecular Hbond substituents is 1. The lowest BCUT2D eigenvalue weighted by Gasteiger charge is -2.23. The van der Waals surface area contributed by atoms with E-state index in [2.05, 4.69) is 24.3 Å². The molecule has 0 saturated carbocycles. The van der Waals surface area contributed by atoms with Crippen molar-refractivity contribution in [3.05, 3.63) is 304 Å². The topological polar surface area (TPSA) is 332 Å². The van der Waals surface area contributed by atoms with Gasteiger partial charge in [0.25, 0.3) is 0 Å². The third kappa shape index (κ3) is 19.3. The molecular formula is C101H88ClF2N3O20. The second-order valence-electron chi connectivity index (χ2n) is 31.5. The molecular weight excluding hydrogens is 1650 g/mol. The summed E-state index contributed by atoms with van der Waals surface area (Å²) < 4.78 is 99.4. The van der Waals surface area contributed by atoms with Crippen LogP contribution < -0.4 is 53.0 Å². The SMILES string of the molecule is COc1ccc2c(c1)C(=O)OCc1cc(C)ccc1-2.Cc1cc2c(cc1N)oc(=O)c1cc(OC3CCOCC3)c(F)cc12.Cc1ccc2c(c1)COC(=O)c1cc(O)ccc1-2.Cc1ccc2c(c1)COC(=O)c1ccccc1-2.Nc1cc2oc(=O)c3cc(OC4CCOCC4)ccc3c2cc1Cl.Nc1ccc2c(c1)oc(=O)c1cc(OC3CCOCC3)c(F)cc12. The quantitative estimate of drug-likeness (QED) is 0.0378. The standard InChI is InChI=1S/C19H18FNO4.C18H16ClNO4.C18H16FNO4.C16H14O3.C15H12O3.C15H12O2/c1-10-6-13-12-7-15(20)18(24-11-2-4-23-5-3-11)8-14(12)19(22)25-17(13)9-16(10)21;19-15-8-13-12-2-1-11(23-10-3-5-22-6-4-10)7-14(12)18(21)24-17(13)9-16(15)20;19-15-8-13-12-2-1-10(20)7-16(12)24-18(21)14(13)9-17(15)23-11-3-5-22-6-4-11;1-10-3-5-13-11(7-10)9-19-16(17)15-8-12(18-2)4-6-14(13)15;1-9-2-4-12-10(6-9)8-18-15(17)14-7-11(16)3-5-13(12)14;1-10-6-7-12-11(8-10)9-17-15(16)14-5-3-2-4-13(12)14/h6-9,11H,2-5,21H2,1H3;1-2,7-10H,3-6,20H2;1-2,7-9,11H,3-6,20H2;3-8H,9H2,1-2H3;2-7,16H,8H2,1H3;2-8H,9H2,1H3. The molecule has 26 heteroatoms. The number of fused-ring (bicyclic) bond motifs is 18. The minimum absolute atomic E-state index is 0.0662. The number of methoxy groups -OCH3 is 1. The van der Waals surface area contributed by atoms with Gasteiger partial charge in [0.1, 0.15) is 72.1 Å². The van der Waals surface area contributed by atoms with E-state index in [1.54, 1.807) is 73.8 Å². The maximum atomic E-state index is 14.6. The molecule has 3 saturated heterocycles. The number of aromatic hydroxyl groups is 1. The van der Waals surface area contributed by atoms with Gasteiger partial charge >= 0.3 is 34.8 Å². The Bertz CT molecular complexity index is 7010. The van der Waals surface area contributed by atoms with Crippen LogP contribution in [0.4, 0.5) is 25.8 Å². The van der Waals surface area contributed by atoms with E-state index in [9.17, 15) is 42.7 Å². The van der Waals surface area contributed by atoms with Crippen LogP contribution in [0.25, 0.3) is 98.6 Å². The van der Waals surface area contributed by atoms with E-state index < -0.39 is 34.5 Å². The Hall–Kier alpha value is -14.1. The van der Waals surface area contributed by atoms with E-state index in [0.29, 0.717) is 178 Å². The molecule has 6 aliphatic heterocycles. The summed E-state index contributed by atoms with van der Waals surface area (Å²) in [7, 11) is 1.58. The fraction of sp³-hybridized carbons (Fsp3) is 0.228. The van der Waals surface area contributed by atoms with Crippen LogP contribution in [-0.2, 0) is 48.2 Å². The van der Waals surface area contributed by atoms with Gasteiger partial charge in [0, 0.05) is 100 Å². The molecule has 6 aliphatic rings. The van der Waals surface area contributed by atoms with Crippen molar-refractivity contribution in [2.75, 3.05) is 64.0 Å². The first-order valence-corrected chi connectivity index (χ1v) is 41.7. The minimum Gasteiger partial charge on any atom is -0.508 e. The molecule has 0 unspecified atom stereocenters. The van der Waals surface area contributed by atoms with Gasteiger partial charge in [-0.05, 0) is 193 Å². The Morgan fingerprint density at radius 3 is 1.28 bits per heavy atom. The first kappa shape index (κ1) is 86.4. The lowest BCUT2D eigenvalue weighted by atomic mass is 9.95. The van der Waals surface area contributed by atoms with Gasteiger partial charge in [-0.3, -0.25) is 0 Å². The molecule has 15 aromatic rings. The number of carbonyl (C=O) groups excluding carboxylic acids is 3. The Kier molecular flexibility index (Phi) is 25.7. The molecule has 9 heterocycles. The van der Waals surface area contributed by atoms with E-state index in [1.807, 2.05) is 107 Å². The number of carbonyl (C=O) groups is 3. The number of nitrogens with two attached hydrogens (primary N) is 3. The number of anilines is 3. The van der Waals surface area contributed by atoms with Crippen LogP contribution in [0.5, 0.6) is 28.7 Å². The van der Waals surface area contributed by atoms with Crippen molar-refractivity contribution in [3.8, 4) is 62.1 Å². The number of hydrogen-bond donors (Lipinski definition) is 4. The van der Waals surface area contributed by atoms with Crippen molar-refractivity contribution in [3.63, 3.8) is 0 Å². The van der Waals surface area contributed by atoms with Crippen LogP contribution in [0.15, 0.2) is 228 Å². The summed E-state index contributed by atoms with van der Waals surface area (Å²) in [6, 6.07) is 58.8. The first-order valence-electron chi connectivity index (χ1n) is 41.4. The van der Waals surface area contributed by atoms with Crippen LogP contribution in [0.1, 0.15) is 109 Å². The summed E-state index contributed by atoms with van der Waals surface area (Å²) in [5.74, 6) is -0.421. The first-order chi connectivity index (χ1) is 61.3. The fourth-order valence-electron chi connectivity index (χ4n) is 16.0. The molecule has 127 heavy (non-hydrogen) atoms. The predicted molar refractivity (Wildman–Crippen MR) is 482 cm³/mol. The van der Waals surface area contributed by atoms with E-state index in [0.717, 1.165) is 90.4 Å². The summed E-state index contributed by atoms with van der Waals surface area (Å²) in [5, 5.41) is 14.7. The van der Waals surface area contributed by atoms with Crippen molar-refractivity contribution in [2.45, 2.75) is 104 Å². The molecule has 23 nitrogen and oxygen atoms in total. The van der Waals surface area contributed by atoms with Crippen molar-refractivity contribution in [1.82, 2.24) is 0 Å². The van der Waals surface area contributed by atoms with E-state index >= 15 is 0 Å². The van der Waals surface area contributed by atoms with Gasteiger partial charge in [-0.2, -0.15) is 0 Å². The molecule has 21 rings (SSSR count). The number of hydrogen-bond acceptors (Lipinski definition) is 23. The largest absolute Gasteiger partial charge is 0.508 e. The lowest BCUT2D eigenvalue weighted by molar-refractivity contribution is 0.0239. The number of nitrogen functional groups attached to an aromatic ring is 3. The smallest absolute Gasteiger partial charge is 0.344 e. The van der Waals surface area contributed by atoms with Crippen molar-refractivity contribution in [2.24, 2.45) is 0 Å². The summed E-state index contributed by atoms with van der Waals surface area (Å²) in [5.41, 5.74) is 33.2. The highest BCUT2D eigenvalue weighted by atomic mass is 35.5. The van der Waals surface area contributed by atoms with Crippen molar-refractivity contribution >= 4 is 112 Å². The molecule has 0 amide bonds. The Morgan fingerprint density at radius 2 is 0.772 bits per heavy atom. The van der Waals surface area contributed by atoms with Gasteiger partial charge < -0.3 is 82.9 Å². The molecule has 3 aromatic heterocycles. The number of aryl methyl sites for hydroxylation is 4. The molecule has 0 atom stereocenters. The second kappa shape index (κ2) is 37.8. The van der Waals surface area contributed by atoms with Crippen LogP contribution >= 0.6 is 11.6 Å². The van der Waals surface area contributed by atoms with E-state index in [-0.39, 0.29) is 59.5 Å². The highest BCUT2D eigenvalue weighted by Gasteiger charge is 2.28. The number of benzene rings is 12. The second-order valence-corrected chi connectivity index (χ2v) is 32.0. The molecule has 648 valence electrons. The molecule has 0 aliphatic carbocycles. The van der Waals surface area contributed by atoms with E-state index in [4.69, 9.17) is 89.4 Å². The number of phenols is 1. The molecule has 7 N–H and O–H groups in total. The van der Waals surface area contributed by atoms with Gasteiger partial charge in [-0.25, -0.2) is 37.5 Å². The highest BCUT2D eigenvalue weighted by Crippen LogP contribution is 2.41. The van der Waals surface area contributed by atoms with Gasteiger partial charge in [0.15, 0.2) is 23.1 Å². The number of ether oxygens (including phenoxy) is 10. The lowest BCUT2D eigenvalue weighted by Crippen LogP contribution is -2.26. The third-order valence-electron chi connectivity index (χ3n) is 22.7. The average molecular weight is 1740 g/mol. The zero-order valence-corrected chi connectivity index (χ0v) is 70.7. The normalized spacial score (nSPS) is 14.7. The maximum Gasteiger partial charge on any atom is 0.344 e. The highest BCUT2D eigenvalue weighted by molar-refractivity contribution is 6.34. The number of cyclic esters (lactones) is 3. The third-order valence-corrected chi connectivity index (χ3v) is 23.0. The summed E-state index contributed by atoms with van der Waals surface area (Å²) in [6.45, 7) is 12.6. The van der Waals surface area contributed by atoms with Gasteiger partial charge in [-0.1, -0.05) is 101 Å². The van der Waals surface area contributed by atoms with Gasteiger partial charge in [0.2, 0.25) is 0 Å². The average Bonchev–Trinajstić information content (AvgIpc) is 1.56. The Balaban J connectivity index is 0.000000113. The number of esters is 3. The molecule has 0 spiro atoms. The monoisotopic (exact) mass is 1740 g/mol. The zero-order valence-electron chi connectivity index (χ0n) is 70.0. The van der Waals surface area contributed by atoms with Crippen LogP contribution in [0, 0.1) is 39.3 Å². The molecule has 0 radical (unpaired) electrons. The predicted octanol–water partition coefficient (Wildman–Crippen LogP) is 20.2. The van der Waals surface area contributed by atoms with Crippen molar-refractivity contribution < 1.29 is 88.9 Å². The Morgan fingerprint density at radius 1 is 0.362 bits per heavy atom. The fourth-order valence-corrected chi connectivity index (χ4v) is 16.2. The van der Waals surface area contributed by atoms with Crippen LogP contribution in [-0.4, -0.2) is 88.1 Å². The summed E-state index contributed by atoms with van der Waals surface area (Å²) >= 11 is 6.11. The van der Waals surface area contributed by atoms with E-state index in [1.165, 1.54) is 35.9 Å². The number of halogens is 3. The summed E-state index contributed by atoms with van der Waals surface area (Å²) in [4.78, 5) is 72.7. The van der Waals surface area contributed by atoms with Crippen LogP contribution in [0.2, 0.25) is 5.02 Å². The molecule has 3 fully saturated rings. The zero-order chi connectivity index (χ0) is 88.8.